The molecule has 25 heavy (non-hydrogen) atoms. The van der Waals surface area contributed by atoms with Crippen LogP contribution in [-0.2, 0) is 4.79 Å². The number of nitrogens with one attached hydrogen (secondary N) is 2. The predicted octanol–water partition coefficient (Wildman–Crippen LogP) is 2.05. The minimum Gasteiger partial charge on any atom is -0.310 e. The predicted molar refractivity (Wildman–Crippen MR) is 93.0 cm³/mol. The number of aromatic nitrogens is 4. The summed E-state index contributed by atoms with van der Waals surface area (Å²) in [5.74, 6) is 0.942. The molecule has 1 aromatic carbocycles. The van der Waals surface area contributed by atoms with E-state index in [0.29, 0.717) is 18.1 Å². The lowest BCUT2D eigenvalue weighted by Crippen LogP contribution is -2.25. The molecule has 1 atom stereocenters. The third kappa shape index (κ3) is 2.63. The standard InChI is InChI=1S/C18H17N5O2/c1-10-3-5-12(6-4-10)13-9-16(25)19-18-17(13)11(2)22-23(18)14-7-8-15(24)21-20-14/h3-8,13H,9H2,1-2H3,(H,19,25)(H,21,24)/t13-/m0/s1. The van der Waals surface area contributed by atoms with Gasteiger partial charge in [0.05, 0.1) is 5.69 Å². The number of carbonyl (C=O) groups is 1. The number of fused-ring (bicyclic) bond motifs is 1. The molecule has 1 aliphatic heterocycles. The highest BCUT2D eigenvalue weighted by atomic mass is 16.1. The number of amides is 1. The maximum atomic E-state index is 12.3. The summed E-state index contributed by atoms with van der Waals surface area (Å²) >= 11 is 0. The van der Waals surface area contributed by atoms with E-state index < -0.39 is 0 Å². The van der Waals surface area contributed by atoms with E-state index in [4.69, 9.17) is 0 Å². The van der Waals surface area contributed by atoms with Crippen molar-refractivity contribution in [1.29, 1.82) is 0 Å². The average molecular weight is 335 g/mol. The molecule has 0 radical (unpaired) electrons. The number of hydrogen-bond donors (Lipinski definition) is 2. The summed E-state index contributed by atoms with van der Waals surface area (Å²) in [5.41, 5.74) is 3.78. The molecule has 0 aliphatic carbocycles. The van der Waals surface area contributed by atoms with Crippen LogP contribution in [0, 0.1) is 13.8 Å². The van der Waals surface area contributed by atoms with Crippen molar-refractivity contribution in [3.8, 4) is 5.82 Å². The van der Waals surface area contributed by atoms with Gasteiger partial charge in [0.1, 0.15) is 5.82 Å². The lowest BCUT2D eigenvalue weighted by Gasteiger charge is -2.24. The van der Waals surface area contributed by atoms with Gasteiger partial charge in [-0.2, -0.15) is 14.9 Å². The molecule has 7 nitrogen and oxygen atoms in total. The van der Waals surface area contributed by atoms with Crippen LogP contribution in [0.5, 0.6) is 0 Å². The second-order valence-corrected chi connectivity index (χ2v) is 6.25. The van der Waals surface area contributed by atoms with Crippen molar-refractivity contribution in [3.63, 3.8) is 0 Å². The Morgan fingerprint density at radius 2 is 1.84 bits per heavy atom. The lowest BCUT2D eigenvalue weighted by molar-refractivity contribution is -0.116. The molecule has 3 aromatic rings. The van der Waals surface area contributed by atoms with Gasteiger partial charge in [-0.3, -0.25) is 9.59 Å². The molecule has 4 rings (SSSR count). The SMILES string of the molecule is Cc1ccc([C@@H]2CC(=O)Nc3c2c(C)nn3-c2ccc(=O)[nH]n2)cc1. The number of benzene rings is 1. The Morgan fingerprint density at radius 1 is 1.08 bits per heavy atom. The van der Waals surface area contributed by atoms with Gasteiger partial charge < -0.3 is 5.32 Å². The largest absolute Gasteiger partial charge is 0.310 e. The third-order valence-corrected chi connectivity index (χ3v) is 4.46. The van der Waals surface area contributed by atoms with Gasteiger partial charge in [0.2, 0.25) is 5.91 Å². The number of nitrogens with zero attached hydrogens (tertiary/aromatic N) is 3. The summed E-state index contributed by atoms with van der Waals surface area (Å²) in [7, 11) is 0. The first-order valence-electron chi connectivity index (χ1n) is 8.05. The molecule has 2 N–H and O–H groups in total. The summed E-state index contributed by atoms with van der Waals surface area (Å²) in [6.45, 7) is 3.95. The highest BCUT2D eigenvalue weighted by Crippen LogP contribution is 2.39. The molecular weight excluding hydrogens is 318 g/mol. The molecule has 0 spiro atoms. The van der Waals surface area contributed by atoms with Crippen LogP contribution in [0.2, 0.25) is 0 Å². The van der Waals surface area contributed by atoms with E-state index in [1.54, 1.807) is 10.7 Å². The van der Waals surface area contributed by atoms with Crippen LogP contribution in [0.25, 0.3) is 5.82 Å². The van der Waals surface area contributed by atoms with Crippen molar-refractivity contribution < 1.29 is 4.79 Å². The first-order chi connectivity index (χ1) is 12.0. The van der Waals surface area contributed by atoms with Gasteiger partial charge in [-0.25, -0.2) is 5.10 Å². The van der Waals surface area contributed by atoms with Gasteiger partial charge in [-0.05, 0) is 25.5 Å². The molecule has 2 aromatic heterocycles. The fourth-order valence-corrected chi connectivity index (χ4v) is 3.25. The monoisotopic (exact) mass is 335 g/mol. The zero-order valence-electron chi connectivity index (χ0n) is 13.9. The normalized spacial score (nSPS) is 16.4. The molecule has 1 amide bonds. The summed E-state index contributed by atoms with van der Waals surface area (Å²) in [6, 6.07) is 11.2. The first-order valence-corrected chi connectivity index (χ1v) is 8.05. The Hall–Kier alpha value is -3.22. The molecule has 0 bridgehead atoms. The van der Waals surface area contributed by atoms with Crippen LogP contribution in [0.4, 0.5) is 5.82 Å². The number of aryl methyl sites for hydroxylation is 2. The number of H-pyrrole nitrogens is 1. The van der Waals surface area contributed by atoms with E-state index in [-0.39, 0.29) is 17.4 Å². The van der Waals surface area contributed by atoms with Crippen molar-refractivity contribution in [2.75, 3.05) is 5.32 Å². The van der Waals surface area contributed by atoms with E-state index in [0.717, 1.165) is 16.8 Å². The van der Waals surface area contributed by atoms with Crippen LogP contribution in [0.3, 0.4) is 0 Å². The fourth-order valence-electron chi connectivity index (χ4n) is 3.25. The second kappa shape index (κ2) is 5.70. The van der Waals surface area contributed by atoms with Crippen molar-refractivity contribution in [2.45, 2.75) is 26.2 Å². The minimum absolute atomic E-state index is 0.0548. The van der Waals surface area contributed by atoms with Gasteiger partial charge in [-0.15, -0.1) is 0 Å². The van der Waals surface area contributed by atoms with Crippen molar-refractivity contribution in [2.24, 2.45) is 0 Å². The summed E-state index contributed by atoms with van der Waals surface area (Å²) in [4.78, 5) is 23.5. The van der Waals surface area contributed by atoms with Crippen molar-refractivity contribution >= 4 is 11.7 Å². The van der Waals surface area contributed by atoms with E-state index in [1.807, 2.05) is 26.0 Å². The van der Waals surface area contributed by atoms with Gasteiger partial charge in [0.25, 0.3) is 5.56 Å². The number of rotatable bonds is 2. The van der Waals surface area contributed by atoms with Crippen molar-refractivity contribution in [1.82, 2.24) is 20.0 Å². The van der Waals surface area contributed by atoms with Crippen LogP contribution >= 0.6 is 0 Å². The molecule has 0 saturated heterocycles. The average Bonchev–Trinajstić information content (AvgIpc) is 2.92. The van der Waals surface area contributed by atoms with Gasteiger partial charge in [0.15, 0.2) is 5.82 Å². The van der Waals surface area contributed by atoms with Crippen molar-refractivity contribution in [3.05, 3.63) is 69.1 Å². The number of aromatic amines is 1. The molecule has 126 valence electrons. The second-order valence-electron chi connectivity index (χ2n) is 6.25. The zero-order valence-corrected chi connectivity index (χ0v) is 13.9. The van der Waals surface area contributed by atoms with Crippen LogP contribution in [0.15, 0.2) is 41.2 Å². The minimum atomic E-state index is -0.289. The molecule has 0 unspecified atom stereocenters. The van der Waals surface area contributed by atoms with Gasteiger partial charge in [-0.1, -0.05) is 29.8 Å². The Balaban J connectivity index is 1.87. The highest BCUT2D eigenvalue weighted by molar-refractivity contribution is 5.95. The quantitative estimate of drug-likeness (QED) is 0.749. The Labute approximate surface area is 143 Å². The van der Waals surface area contributed by atoms with E-state index >= 15 is 0 Å². The first kappa shape index (κ1) is 15.3. The number of hydrogen-bond acceptors (Lipinski definition) is 4. The lowest BCUT2D eigenvalue weighted by atomic mass is 9.85. The third-order valence-electron chi connectivity index (χ3n) is 4.46. The maximum absolute atomic E-state index is 12.3. The molecule has 3 heterocycles. The summed E-state index contributed by atoms with van der Waals surface area (Å²) in [5, 5.41) is 13.9. The van der Waals surface area contributed by atoms with Crippen LogP contribution in [0.1, 0.15) is 34.7 Å². The smallest absolute Gasteiger partial charge is 0.264 e. The molecule has 0 fully saturated rings. The molecular formula is C18H17N5O2. The number of anilines is 1. The van der Waals surface area contributed by atoms with Crippen LogP contribution < -0.4 is 10.9 Å². The Kier molecular flexibility index (Phi) is 3.49. The maximum Gasteiger partial charge on any atom is 0.264 e. The summed E-state index contributed by atoms with van der Waals surface area (Å²) < 4.78 is 1.57. The fraction of sp³-hybridized carbons (Fsp3) is 0.222. The van der Waals surface area contributed by atoms with Gasteiger partial charge >= 0.3 is 0 Å². The highest BCUT2D eigenvalue weighted by Gasteiger charge is 2.32. The summed E-state index contributed by atoms with van der Waals surface area (Å²) in [6.07, 6.45) is 0.377. The van der Waals surface area contributed by atoms with E-state index in [9.17, 15) is 9.59 Å². The number of carbonyl (C=O) groups excluding carboxylic acids is 1. The van der Waals surface area contributed by atoms with E-state index in [1.165, 1.54) is 11.6 Å². The molecule has 0 saturated carbocycles. The molecule has 1 aliphatic rings. The molecule has 7 heteroatoms. The Morgan fingerprint density at radius 3 is 2.52 bits per heavy atom. The Bertz CT molecular complexity index is 996. The van der Waals surface area contributed by atoms with Gasteiger partial charge in [0, 0.05) is 24.0 Å². The topological polar surface area (TPSA) is 92.7 Å². The zero-order chi connectivity index (χ0) is 17.6. The van der Waals surface area contributed by atoms with E-state index in [2.05, 4.69) is 32.7 Å². The van der Waals surface area contributed by atoms with Crippen LogP contribution in [-0.4, -0.2) is 25.9 Å².